The van der Waals surface area contributed by atoms with Crippen molar-refractivity contribution in [3.63, 3.8) is 0 Å². The first-order valence-electron chi connectivity index (χ1n) is 7.67. The van der Waals surface area contributed by atoms with E-state index in [4.69, 9.17) is 17.3 Å². The number of phenolic OH excluding ortho intramolecular Hbond substituents is 1. The first-order valence-corrected chi connectivity index (χ1v) is 8.49. The molecule has 2 rings (SSSR count). The molecule has 25 heavy (non-hydrogen) atoms. The lowest BCUT2D eigenvalue weighted by Gasteiger charge is -2.19. The summed E-state index contributed by atoms with van der Waals surface area (Å²) in [6.45, 7) is 0. The van der Waals surface area contributed by atoms with Gasteiger partial charge in [0.2, 0.25) is 11.0 Å². The Morgan fingerprint density at radius 3 is 2.40 bits per heavy atom. The number of carbonyl (C=O) groups excluding carboxylic acids is 2. The van der Waals surface area contributed by atoms with Crippen molar-refractivity contribution in [2.75, 3.05) is 0 Å². The number of hydrogen-bond donors (Lipinski definition) is 4. The number of thiol groups is 1. The predicted molar refractivity (Wildman–Crippen MR) is 101 cm³/mol. The number of benzene rings is 2. The molecule has 2 aromatic rings. The zero-order valence-electron chi connectivity index (χ0n) is 13.4. The van der Waals surface area contributed by atoms with E-state index in [1.807, 2.05) is 30.3 Å². The normalized spacial score (nSPS) is 13.1. The molecule has 0 heterocycles. The Morgan fingerprint density at radius 2 is 1.80 bits per heavy atom. The molecular weight excluding hydrogens is 360 g/mol. The van der Waals surface area contributed by atoms with Crippen LogP contribution in [0.2, 0.25) is 5.02 Å². The maximum Gasteiger partial charge on any atom is 0.237 e. The lowest BCUT2D eigenvalue weighted by atomic mass is 10.0. The molecule has 7 heteroatoms. The lowest BCUT2D eigenvalue weighted by molar-refractivity contribution is -0.125. The largest absolute Gasteiger partial charge is 0.506 e. The van der Waals surface area contributed by atoms with Crippen molar-refractivity contribution < 1.29 is 14.7 Å². The van der Waals surface area contributed by atoms with Crippen molar-refractivity contribution in [3.8, 4) is 5.75 Å². The van der Waals surface area contributed by atoms with E-state index in [-0.39, 0.29) is 17.2 Å². The van der Waals surface area contributed by atoms with Crippen LogP contribution in [0.15, 0.2) is 48.5 Å². The summed E-state index contributed by atoms with van der Waals surface area (Å²) in [5.74, 6) is -0.487. The number of rotatable bonds is 7. The van der Waals surface area contributed by atoms with Gasteiger partial charge >= 0.3 is 0 Å². The Bertz CT molecular complexity index is 755. The molecule has 132 valence electrons. The molecule has 0 spiro atoms. The van der Waals surface area contributed by atoms with Gasteiger partial charge < -0.3 is 16.2 Å². The van der Waals surface area contributed by atoms with E-state index in [1.54, 1.807) is 12.1 Å². The minimum Gasteiger partial charge on any atom is -0.506 e. The lowest BCUT2D eigenvalue weighted by Crippen LogP contribution is -2.49. The molecule has 0 bridgehead atoms. The summed E-state index contributed by atoms with van der Waals surface area (Å²) in [4.78, 5) is 24.0. The molecule has 0 radical (unpaired) electrons. The van der Waals surface area contributed by atoms with Crippen LogP contribution in [0.1, 0.15) is 11.1 Å². The Morgan fingerprint density at radius 1 is 1.12 bits per heavy atom. The zero-order valence-corrected chi connectivity index (χ0v) is 15.0. The summed E-state index contributed by atoms with van der Waals surface area (Å²) >= 11 is 9.70. The predicted octanol–water partition coefficient (Wildman–Crippen LogP) is 2.10. The first-order chi connectivity index (χ1) is 11.9. The van der Waals surface area contributed by atoms with Crippen molar-refractivity contribution in [3.05, 3.63) is 64.7 Å². The molecule has 2 aromatic carbocycles. The van der Waals surface area contributed by atoms with Gasteiger partial charge in [-0.3, -0.25) is 9.59 Å². The van der Waals surface area contributed by atoms with E-state index in [1.165, 1.54) is 6.07 Å². The molecule has 0 aliphatic carbocycles. The van der Waals surface area contributed by atoms with E-state index in [0.717, 1.165) is 5.56 Å². The highest BCUT2D eigenvalue weighted by Crippen LogP contribution is 2.24. The van der Waals surface area contributed by atoms with Gasteiger partial charge in [-0.1, -0.05) is 48.0 Å². The number of hydrogen-bond acceptors (Lipinski definition) is 4. The number of amides is 1. The van der Waals surface area contributed by atoms with E-state index in [9.17, 15) is 14.7 Å². The molecule has 0 aliphatic heterocycles. The van der Waals surface area contributed by atoms with Gasteiger partial charge in [0.05, 0.1) is 11.1 Å². The number of halogens is 1. The Kier molecular flexibility index (Phi) is 6.87. The third-order valence-electron chi connectivity index (χ3n) is 3.70. The minimum absolute atomic E-state index is 0.0352. The monoisotopic (exact) mass is 378 g/mol. The van der Waals surface area contributed by atoms with Crippen LogP contribution >= 0.6 is 24.2 Å². The number of nitrogens with two attached hydrogens (primary N) is 1. The van der Waals surface area contributed by atoms with Gasteiger partial charge in [0.25, 0.3) is 0 Å². The van der Waals surface area contributed by atoms with Crippen molar-refractivity contribution in [1.29, 1.82) is 0 Å². The van der Waals surface area contributed by atoms with Gasteiger partial charge in [0.1, 0.15) is 11.8 Å². The average molecular weight is 379 g/mol. The van der Waals surface area contributed by atoms with Crippen LogP contribution in [0, 0.1) is 0 Å². The van der Waals surface area contributed by atoms with Crippen LogP contribution in [0.25, 0.3) is 0 Å². The molecule has 0 saturated carbocycles. The van der Waals surface area contributed by atoms with Crippen LogP contribution in [0.4, 0.5) is 0 Å². The van der Waals surface area contributed by atoms with Crippen LogP contribution < -0.4 is 11.1 Å². The standard InChI is InChI=1S/C18H19ClN2O3S/c19-13-8-12(6-7-16(13)22)9-14(20)17(23)21-15(18(24)25)10-11-4-2-1-3-5-11/h1-8,14-15,22H,9-10,20H2,(H,21,23)(H,24,25)/t14-,15+/m0/s1. The second-order valence-corrected chi connectivity index (χ2v) is 6.53. The number of aromatic hydroxyl groups is 1. The van der Waals surface area contributed by atoms with Crippen LogP contribution in [0.3, 0.4) is 0 Å². The molecule has 0 unspecified atom stereocenters. The molecule has 0 aromatic heterocycles. The Labute approximate surface area is 156 Å². The second kappa shape index (κ2) is 8.89. The SMILES string of the molecule is N[C@@H](Cc1ccc(O)c(Cl)c1)C(=O)N[C@H](Cc1ccccc1)C(=O)S. The maximum atomic E-state index is 12.3. The molecule has 0 aliphatic rings. The van der Waals surface area contributed by atoms with Crippen LogP contribution in [-0.4, -0.2) is 28.2 Å². The van der Waals surface area contributed by atoms with Gasteiger partial charge in [0, 0.05) is 6.42 Å². The van der Waals surface area contributed by atoms with Crippen molar-refractivity contribution in [2.45, 2.75) is 24.9 Å². The van der Waals surface area contributed by atoms with E-state index in [2.05, 4.69) is 17.9 Å². The third kappa shape index (κ3) is 5.77. The second-order valence-electron chi connectivity index (χ2n) is 5.69. The molecule has 0 fully saturated rings. The van der Waals surface area contributed by atoms with E-state index >= 15 is 0 Å². The number of carbonyl (C=O) groups is 2. The van der Waals surface area contributed by atoms with Crippen LogP contribution in [0.5, 0.6) is 5.75 Å². The fraction of sp³-hybridized carbons (Fsp3) is 0.222. The molecule has 2 atom stereocenters. The van der Waals surface area contributed by atoms with Gasteiger partial charge in [-0.2, -0.15) is 0 Å². The number of phenols is 1. The fourth-order valence-electron chi connectivity index (χ4n) is 2.35. The van der Waals surface area contributed by atoms with Gasteiger partial charge in [-0.15, -0.1) is 12.6 Å². The summed E-state index contributed by atoms with van der Waals surface area (Å²) in [5, 5.41) is 11.8. The Hall–Kier alpha value is -2.02. The topological polar surface area (TPSA) is 92.4 Å². The highest BCUT2D eigenvalue weighted by molar-refractivity contribution is 7.96. The molecule has 0 saturated heterocycles. The van der Waals surface area contributed by atoms with Crippen molar-refractivity contribution in [2.24, 2.45) is 5.73 Å². The summed E-state index contributed by atoms with van der Waals surface area (Å²) in [6.07, 6.45) is 0.567. The Balaban J connectivity index is 1.99. The molecule has 4 N–H and O–H groups in total. The number of nitrogens with one attached hydrogen (secondary N) is 1. The average Bonchev–Trinajstić information content (AvgIpc) is 2.58. The van der Waals surface area contributed by atoms with Crippen molar-refractivity contribution in [1.82, 2.24) is 5.32 Å². The van der Waals surface area contributed by atoms with Crippen molar-refractivity contribution >= 4 is 35.3 Å². The summed E-state index contributed by atoms with van der Waals surface area (Å²) in [6, 6.07) is 12.3. The fourth-order valence-corrected chi connectivity index (χ4v) is 2.71. The summed E-state index contributed by atoms with van der Waals surface area (Å²) in [5.41, 5.74) is 7.55. The maximum absolute atomic E-state index is 12.3. The van der Waals surface area contributed by atoms with Crippen LogP contribution in [-0.2, 0) is 22.4 Å². The first kappa shape index (κ1) is 19.3. The van der Waals surface area contributed by atoms with Gasteiger partial charge in [-0.25, -0.2) is 0 Å². The molecular formula is C18H19ClN2O3S. The molecule has 1 amide bonds. The summed E-state index contributed by atoms with van der Waals surface area (Å²) < 4.78 is 0. The summed E-state index contributed by atoms with van der Waals surface area (Å²) in [7, 11) is 0. The smallest absolute Gasteiger partial charge is 0.237 e. The molecule has 5 nitrogen and oxygen atoms in total. The van der Waals surface area contributed by atoms with Gasteiger partial charge in [0.15, 0.2) is 0 Å². The highest BCUT2D eigenvalue weighted by Gasteiger charge is 2.22. The minimum atomic E-state index is -0.855. The quantitative estimate of drug-likeness (QED) is 0.555. The zero-order chi connectivity index (χ0) is 18.4. The highest BCUT2D eigenvalue weighted by atomic mass is 35.5. The third-order valence-corrected chi connectivity index (χ3v) is 4.32. The van der Waals surface area contributed by atoms with E-state index in [0.29, 0.717) is 12.0 Å². The van der Waals surface area contributed by atoms with E-state index < -0.39 is 23.1 Å². The van der Waals surface area contributed by atoms with Gasteiger partial charge in [-0.05, 0) is 29.7 Å².